The second kappa shape index (κ2) is 8.96. The van der Waals surface area contributed by atoms with Crippen LogP contribution in [0, 0.1) is 0 Å². The predicted molar refractivity (Wildman–Crippen MR) is 128 cm³/mol. The summed E-state index contributed by atoms with van der Waals surface area (Å²) in [4.78, 5) is 34.4. The first kappa shape index (κ1) is 21.0. The number of nitrogens with one attached hydrogen (secondary N) is 2. The van der Waals surface area contributed by atoms with E-state index in [4.69, 9.17) is 16.3 Å². The van der Waals surface area contributed by atoms with Crippen molar-refractivity contribution < 1.29 is 14.3 Å². The molecule has 2 N–H and O–H groups in total. The van der Waals surface area contributed by atoms with Crippen LogP contribution >= 0.6 is 11.6 Å². The maximum atomic E-state index is 12.7. The second-order valence-corrected chi connectivity index (χ2v) is 8.27. The molecule has 1 aromatic heterocycles. The molecule has 1 aliphatic heterocycles. The van der Waals surface area contributed by atoms with Gasteiger partial charge in [0.2, 0.25) is 5.91 Å². The average Bonchev–Trinajstić information content (AvgIpc) is 3.23. The number of hydrogen-bond donors (Lipinski definition) is 2. The molecular formula is C25H21ClN4O3. The first-order chi connectivity index (χ1) is 16.0. The number of rotatable bonds is 6. The molecule has 3 aromatic carbocycles. The maximum absolute atomic E-state index is 12.7. The number of anilines is 2. The van der Waals surface area contributed by atoms with E-state index >= 15 is 0 Å². The molecule has 0 unspecified atom stereocenters. The van der Waals surface area contributed by atoms with E-state index in [1.54, 1.807) is 18.2 Å². The monoisotopic (exact) mass is 460 g/mol. The Labute approximate surface area is 195 Å². The number of halogens is 1. The van der Waals surface area contributed by atoms with Gasteiger partial charge in [0.05, 0.1) is 16.7 Å². The van der Waals surface area contributed by atoms with E-state index in [0.29, 0.717) is 22.1 Å². The zero-order chi connectivity index (χ0) is 22.8. The van der Waals surface area contributed by atoms with Crippen molar-refractivity contribution in [1.82, 2.24) is 9.97 Å². The third-order valence-corrected chi connectivity index (χ3v) is 5.70. The zero-order valence-corrected chi connectivity index (χ0v) is 18.4. The molecule has 8 heteroatoms. The Hall–Kier alpha value is -3.84. The summed E-state index contributed by atoms with van der Waals surface area (Å²) < 4.78 is 5.43. The minimum atomic E-state index is -0.300. The predicted octanol–water partition coefficient (Wildman–Crippen LogP) is 4.37. The van der Waals surface area contributed by atoms with Crippen molar-refractivity contribution in [2.45, 2.75) is 12.8 Å². The number of para-hydroxylation sites is 2. The molecule has 0 saturated carbocycles. The van der Waals surface area contributed by atoms with E-state index in [1.165, 1.54) is 4.90 Å². The largest absolute Gasteiger partial charge is 0.482 e. The number of nitrogens with zero attached hydrogens (tertiary/aromatic N) is 2. The van der Waals surface area contributed by atoms with Crippen LogP contribution in [0.4, 0.5) is 11.4 Å². The van der Waals surface area contributed by atoms with Crippen molar-refractivity contribution in [3.05, 3.63) is 83.1 Å². The molecular weight excluding hydrogens is 440 g/mol. The fourth-order valence-corrected chi connectivity index (χ4v) is 4.05. The Morgan fingerprint density at radius 2 is 1.97 bits per heavy atom. The average molecular weight is 461 g/mol. The quantitative estimate of drug-likeness (QED) is 0.447. The van der Waals surface area contributed by atoms with Crippen LogP contribution < -0.4 is 15.0 Å². The summed E-state index contributed by atoms with van der Waals surface area (Å²) in [5, 5.41) is 3.35. The lowest BCUT2D eigenvalue weighted by Crippen LogP contribution is -2.43. The van der Waals surface area contributed by atoms with Gasteiger partial charge in [0.15, 0.2) is 6.61 Å². The summed E-state index contributed by atoms with van der Waals surface area (Å²) in [6.45, 7) is -0.238. The van der Waals surface area contributed by atoms with Gasteiger partial charge in [-0.25, -0.2) is 4.98 Å². The van der Waals surface area contributed by atoms with Gasteiger partial charge in [0.1, 0.15) is 18.1 Å². The van der Waals surface area contributed by atoms with Crippen LogP contribution in [0.15, 0.2) is 66.7 Å². The van der Waals surface area contributed by atoms with E-state index in [1.807, 2.05) is 48.5 Å². The number of carbonyl (C=O) groups is 2. The second-order valence-electron chi connectivity index (χ2n) is 7.83. The van der Waals surface area contributed by atoms with Crippen LogP contribution in [0.5, 0.6) is 5.75 Å². The number of aromatic amines is 1. The maximum Gasteiger partial charge on any atom is 0.265 e. The number of ether oxygens (including phenoxy) is 1. The number of fused-ring (bicyclic) bond motifs is 2. The molecule has 2 amide bonds. The highest BCUT2D eigenvalue weighted by molar-refractivity contribution is 6.31. The highest BCUT2D eigenvalue weighted by Gasteiger charge is 2.27. The van der Waals surface area contributed by atoms with Gasteiger partial charge in [0, 0.05) is 17.1 Å². The molecule has 0 atom stereocenters. The number of carbonyl (C=O) groups excluding carboxylic acids is 2. The highest BCUT2D eigenvalue weighted by Crippen LogP contribution is 2.34. The third-order valence-electron chi connectivity index (χ3n) is 5.47. The first-order valence-corrected chi connectivity index (χ1v) is 11.0. The molecule has 0 fully saturated rings. The molecule has 166 valence electrons. The molecule has 33 heavy (non-hydrogen) atoms. The Morgan fingerprint density at radius 3 is 2.85 bits per heavy atom. The Kier molecular flexibility index (Phi) is 5.71. The minimum Gasteiger partial charge on any atom is -0.482 e. The number of H-pyrrole nitrogens is 1. The van der Waals surface area contributed by atoms with E-state index in [0.717, 1.165) is 35.3 Å². The molecule has 0 aliphatic carbocycles. The van der Waals surface area contributed by atoms with Crippen molar-refractivity contribution >= 4 is 45.8 Å². The van der Waals surface area contributed by atoms with E-state index in [9.17, 15) is 9.59 Å². The summed E-state index contributed by atoms with van der Waals surface area (Å²) in [6, 6.07) is 20.6. The molecule has 7 nitrogen and oxygen atoms in total. The van der Waals surface area contributed by atoms with Crippen molar-refractivity contribution in [1.29, 1.82) is 0 Å². The topological polar surface area (TPSA) is 87.3 Å². The lowest BCUT2D eigenvalue weighted by Gasteiger charge is -2.29. The first-order valence-electron chi connectivity index (χ1n) is 10.6. The van der Waals surface area contributed by atoms with Gasteiger partial charge in [-0.2, -0.15) is 0 Å². The highest BCUT2D eigenvalue weighted by atomic mass is 35.5. The zero-order valence-electron chi connectivity index (χ0n) is 17.7. The molecule has 0 saturated heterocycles. The molecule has 2 heterocycles. The van der Waals surface area contributed by atoms with E-state index in [-0.39, 0.29) is 25.0 Å². The Morgan fingerprint density at radius 1 is 1.09 bits per heavy atom. The van der Waals surface area contributed by atoms with Crippen molar-refractivity contribution in [2.24, 2.45) is 0 Å². The molecule has 4 aromatic rings. The fourth-order valence-electron chi connectivity index (χ4n) is 3.88. The standard InChI is InChI=1S/C25H21ClN4O3/c26-17-9-10-22-21(13-17)30(25(32)15-33-22)14-24(31)27-18-5-3-4-16(12-18)8-11-23-28-19-6-1-2-7-20(19)29-23/h1-7,9-10,12-13H,8,11,14-15H2,(H,27,31)(H,28,29). The van der Waals surface area contributed by atoms with Gasteiger partial charge in [-0.05, 0) is 54.4 Å². The van der Waals surface area contributed by atoms with E-state index in [2.05, 4.69) is 15.3 Å². The summed E-state index contributed by atoms with van der Waals surface area (Å²) in [7, 11) is 0. The molecule has 0 radical (unpaired) electrons. The van der Waals surface area contributed by atoms with Gasteiger partial charge >= 0.3 is 0 Å². The van der Waals surface area contributed by atoms with Crippen molar-refractivity contribution in [2.75, 3.05) is 23.4 Å². The number of benzene rings is 3. The molecule has 1 aliphatic rings. The number of aryl methyl sites for hydroxylation is 2. The van der Waals surface area contributed by atoms with Crippen LogP contribution in [0.1, 0.15) is 11.4 Å². The third kappa shape index (κ3) is 4.68. The number of amides is 2. The fraction of sp³-hybridized carbons (Fsp3) is 0.160. The number of imidazole rings is 1. The van der Waals surface area contributed by atoms with Crippen molar-refractivity contribution in [3.8, 4) is 5.75 Å². The lowest BCUT2D eigenvalue weighted by molar-refractivity contribution is -0.123. The van der Waals surface area contributed by atoms with Gasteiger partial charge < -0.3 is 15.0 Å². The Bertz CT molecular complexity index is 1320. The normalized spacial score (nSPS) is 13.0. The summed E-state index contributed by atoms with van der Waals surface area (Å²) in [5.41, 5.74) is 4.22. The summed E-state index contributed by atoms with van der Waals surface area (Å²) in [6.07, 6.45) is 1.53. The van der Waals surface area contributed by atoms with Crippen LogP contribution in [-0.2, 0) is 22.4 Å². The molecule has 5 rings (SSSR count). The van der Waals surface area contributed by atoms with Crippen LogP contribution in [0.2, 0.25) is 5.02 Å². The number of hydrogen-bond acceptors (Lipinski definition) is 4. The smallest absolute Gasteiger partial charge is 0.265 e. The number of aromatic nitrogens is 2. The lowest BCUT2D eigenvalue weighted by atomic mass is 10.1. The summed E-state index contributed by atoms with van der Waals surface area (Å²) >= 11 is 6.07. The van der Waals surface area contributed by atoms with E-state index < -0.39 is 0 Å². The van der Waals surface area contributed by atoms with Crippen LogP contribution in [0.25, 0.3) is 11.0 Å². The van der Waals surface area contributed by atoms with Crippen LogP contribution in [-0.4, -0.2) is 34.9 Å². The Balaban J connectivity index is 1.24. The van der Waals surface area contributed by atoms with Gasteiger partial charge in [-0.15, -0.1) is 0 Å². The van der Waals surface area contributed by atoms with Crippen molar-refractivity contribution in [3.63, 3.8) is 0 Å². The van der Waals surface area contributed by atoms with Crippen LogP contribution in [0.3, 0.4) is 0 Å². The minimum absolute atomic E-state index is 0.112. The van der Waals surface area contributed by atoms with Gasteiger partial charge in [0.25, 0.3) is 5.91 Å². The SMILES string of the molecule is O=C(CN1C(=O)COc2ccc(Cl)cc21)Nc1cccc(CCc2nc3ccccc3[nH]2)c1. The van der Waals surface area contributed by atoms with Gasteiger partial charge in [-0.1, -0.05) is 35.9 Å². The molecule has 0 spiro atoms. The van der Waals surface area contributed by atoms with Gasteiger partial charge in [-0.3, -0.25) is 14.5 Å². The molecule has 0 bridgehead atoms. The summed E-state index contributed by atoms with van der Waals surface area (Å²) in [5.74, 6) is 0.860.